The Kier molecular flexibility index (Phi) is 3.29. The van der Waals surface area contributed by atoms with Crippen LogP contribution in [0.25, 0.3) is 0 Å². The highest BCUT2D eigenvalue weighted by molar-refractivity contribution is 4.74. The lowest BCUT2D eigenvalue weighted by Gasteiger charge is -2.20. The van der Waals surface area contributed by atoms with Gasteiger partial charge >= 0.3 is 12.0 Å². The van der Waals surface area contributed by atoms with Gasteiger partial charge in [-0.3, -0.25) is 0 Å². The first-order valence-corrected chi connectivity index (χ1v) is 3.29. The van der Waals surface area contributed by atoms with Gasteiger partial charge in [0.25, 0.3) is 0 Å². The van der Waals surface area contributed by atoms with Gasteiger partial charge in [0.15, 0.2) is 0 Å². The van der Waals surface area contributed by atoms with Crippen LogP contribution in [0.3, 0.4) is 0 Å². The summed E-state index contributed by atoms with van der Waals surface area (Å²) < 4.78 is 47.5. The standard InChI is InChI=1S/C6H10F4O/c1-2-3-4-5(7,8)6(9,10)11/h11H,2-4H2,1H3. The van der Waals surface area contributed by atoms with Crippen molar-refractivity contribution in [1.29, 1.82) is 0 Å². The zero-order valence-corrected chi connectivity index (χ0v) is 6.08. The van der Waals surface area contributed by atoms with E-state index in [1.807, 2.05) is 0 Å². The summed E-state index contributed by atoms with van der Waals surface area (Å²) in [6.07, 6.45) is -5.50. The Morgan fingerprint density at radius 2 is 1.64 bits per heavy atom. The van der Waals surface area contributed by atoms with Crippen molar-refractivity contribution >= 4 is 0 Å². The molecule has 0 rings (SSSR count). The van der Waals surface area contributed by atoms with E-state index >= 15 is 0 Å². The number of halogens is 4. The maximum absolute atomic E-state index is 12.1. The van der Waals surface area contributed by atoms with Crippen molar-refractivity contribution in [2.75, 3.05) is 0 Å². The van der Waals surface area contributed by atoms with Crippen molar-refractivity contribution in [2.45, 2.75) is 38.2 Å². The Morgan fingerprint density at radius 1 is 1.18 bits per heavy atom. The minimum Gasteiger partial charge on any atom is -0.332 e. The fraction of sp³-hybridized carbons (Fsp3) is 1.00. The molecule has 0 saturated heterocycles. The Labute approximate surface area is 62.0 Å². The first-order chi connectivity index (χ1) is 4.81. The lowest BCUT2D eigenvalue weighted by atomic mass is 10.1. The predicted octanol–water partition coefficient (Wildman–Crippen LogP) is 2.40. The van der Waals surface area contributed by atoms with Crippen LogP contribution in [0, 0.1) is 0 Å². The molecular weight excluding hydrogens is 164 g/mol. The fourth-order valence-corrected chi connectivity index (χ4v) is 0.549. The van der Waals surface area contributed by atoms with Gasteiger partial charge in [0.2, 0.25) is 0 Å². The normalized spacial score (nSPS) is 13.6. The van der Waals surface area contributed by atoms with E-state index in [1.165, 1.54) is 0 Å². The summed E-state index contributed by atoms with van der Waals surface area (Å²) in [5.74, 6) is -4.29. The first kappa shape index (κ1) is 10.7. The molecule has 0 aliphatic heterocycles. The molecule has 0 atom stereocenters. The van der Waals surface area contributed by atoms with Crippen molar-refractivity contribution in [3.8, 4) is 0 Å². The van der Waals surface area contributed by atoms with Crippen molar-refractivity contribution < 1.29 is 22.7 Å². The van der Waals surface area contributed by atoms with Gasteiger partial charge in [-0.1, -0.05) is 13.3 Å². The Morgan fingerprint density at radius 3 is 1.91 bits per heavy atom. The second kappa shape index (κ2) is 3.38. The summed E-state index contributed by atoms with van der Waals surface area (Å²) in [4.78, 5) is 0. The Balaban J connectivity index is 4.00. The molecule has 0 radical (unpaired) electrons. The molecule has 68 valence electrons. The summed E-state index contributed by atoms with van der Waals surface area (Å²) in [5, 5.41) is 7.69. The van der Waals surface area contributed by atoms with Gasteiger partial charge in [0, 0.05) is 6.42 Å². The number of rotatable bonds is 4. The van der Waals surface area contributed by atoms with E-state index in [-0.39, 0.29) is 6.42 Å². The molecule has 0 aromatic carbocycles. The molecule has 0 aromatic heterocycles. The second-order valence-electron chi connectivity index (χ2n) is 2.35. The third-order valence-corrected chi connectivity index (χ3v) is 1.28. The Hall–Kier alpha value is -0.320. The number of alkyl halides is 4. The average Bonchev–Trinajstić information content (AvgIpc) is 1.81. The zero-order chi connectivity index (χ0) is 9.12. The largest absolute Gasteiger partial charge is 0.416 e. The minimum absolute atomic E-state index is 0.0247. The quantitative estimate of drug-likeness (QED) is 0.649. The van der Waals surface area contributed by atoms with Crippen LogP contribution in [0.1, 0.15) is 26.2 Å². The van der Waals surface area contributed by atoms with Gasteiger partial charge in [-0.25, -0.2) is 0 Å². The van der Waals surface area contributed by atoms with Gasteiger partial charge < -0.3 is 5.11 Å². The van der Waals surface area contributed by atoms with Gasteiger partial charge in [-0.15, -0.1) is 0 Å². The summed E-state index contributed by atoms with van der Waals surface area (Å²) in [7, 11) is 0. The Bertz CT molecular complexity index is 118. The molecule has 0 aromatic rings. The van der Waals surface area contributed by atoms with Crippen molar-refractivity contribution in [2.24, 2.45) is 0 Å². The van der Waals surface area contributed by atoms with Gasteiger partial charge in [-0.05, 0) is 6.42 Å². The molecule has 11 heavy (non-hydrogen) atoms. The molecule has 0 aliphatic carbocycles. The van der Waals surface area contributed by atoms with E-state index in [0.29, 0.717) is 6.42 Å². The number of hydrogen-bond donors (Lipinski definition) is 1. The van der Waals surface area contributed by atoms with Crippen LogP contribution in [-0.4, -0.2) is 17.1 Å². The highest BCUT2D eigenvalue weighted by atomic mass is 19.3. The van der Waals surface area contributed by atoms with Crippen molar-refractivity contribution in [3.05, 3.63) is 0 Å². The van der Waals surface area contributed by atoms with E-state index in [4.69, 9.17) is 5.11 Å². The molecule has 0 aliphatic rings. The van der Waals surface area contributed by atoms with Crippen LogP contribution in [-0.2, 0) is 0 Å². The monoisotopic (exact) mass is 174 g/mol. The molecule has 0 unspecified atom stereocenters. The number of hydrogen-bond acceptors (Lipinski definition) is 1. The topological polar surface area (TPSA) is 20.2 Å². The van der Waals surface area contributed by atoms with Crippen LogP contribution in [0.15, 0.2) is 0 Å². The molecule has 0 amide bonds. The number of unbranched alkanes of at least 4 members (excludes halogenated alkanes) is 1. The summed E-state index contributed by atoms with van der Waals surface area (Å²) in [6.45, 7) is 1.60. The SMILES string of the molecule is CCCCC(F)(F)C(O)(F)F. The maximum Gasteiger partial charge on any atom is 0.416 e. The molecule has 0 spiro atoms. The van der Waals surface area contributed by atoms with Crippen LogP contribution >= 0.6 is 0 Å². The van der Waals surface area contributed by atoms with Crippen LogP contribution in [0.5, 0.6) is 0 Å². The second-order valence-corrected chi connectivity index (χ2v) is 2.35. The third-order valence-electron chi connectivity index (χ3n) is 1.28. The summed E-state index contributed by atoms with van der Waals surface area (Å²) in [5.41, 5.74) is 0. The highest BCUT2D eigenvalue weighted by Crippen LogP contribution is 2.35. The lowest BCUT2D eigenvalue weighted by Crippen LogP contribution is -2.39. The molecule has 1 nitrogen and oxygen atoms in total. The highest BCUT2D eigenvalue weighted by Gasteiger charge is 2.54. The zero-order valence-electron chi connectivity index (χ0n) is 6.08. The molecule has 0 fully saturated rings. The summed E-state index contributed by atoms with van der Waals surface area (Å²) in [6, 6.07) is 0. The van der Waals surface area contributed by atoms with Crippen molar-refractivity contribution in [1.82, 2.24) is 0 Å². The van der Waals surface area contributed by atoms with Crippen LogP contribution < -0.4 is 0 Å². The van der Waals surface area contributed by atoms with Gasteiger partial charge in [-0.2, -0.15) is 17.6 Å². The van der Waals surface area contributed by atoms with Crippen molar-refractivity contribution in [3.63, 3.8) is 0 Å². The lowest BCUT2D eigenvalue weighted by molar-refractivity contribution is -0.327. The van der Waals surface area contributed by atoms with Crippen LogP contribution in [0.2, 0.25) is 0 Å². The minimum atomic E-state index is -4.89. The molecule has 0 bridgehead atoms. The average molecular weight is 174 g/mol. The predicted molar refractivity (Wildman–Crippen MR) is 31.6 cm³/mol. The number of aliphatic hydroxyl groups is 1. The third kappa shape index (κ3) is 3.05. The smallest absolute Gasteiger partial charge is 0.332 e. The summed E-state index contributed by atoms with van der Waals surface area (Å²) >= 11 is 0. The van der Waals surface area contributed by atoms with Crippen LogP contribution in [0.4, 0.5) is 17.6 Å². The maximum atomic E-state index is 12.1. The van der Waals surface area contributed by atoms with Gasteiger partial charge in [0.05, 0.1) is 0 Å². The van der Waals surface area contributed by atoms with E-state index in [2.05, 4.69) is 0 Å². The molecular formula is C6H10F4O. The molecule has 0 saturated carbocycles. The first-order valence-electron chi connectivity index (χ1n) is 3.29. The molecule has 0 heterocycles. The fourth-order valence-electron chi connectivity index (χ4n) is 0.549. The van der Waals surface area contributed by atoms with E-state index in [9.17, 15) is 17.6 Å². The van der Waals surface area contributed by atoms with Gasteiger partial charge in [0.1, 0.15) is 0 Å². The van der Waals surface area contributed by atoms with E-state index in [0.717, 1.165) is 0 Å². The molecule has 5 heteroatoms. The molecule has 1 N–H and O–H groups in total. The van der Waals surface area contributed by atoms with E-state index < -0.39 is 18.5 Å². The van der Waals surface area contributed by atoms with E-state index in [1.54, 1.807) is 6.92 Å².